The van der Waals surface area contributed by atoms with Gasteiger partial charge in [0.15, 0.2) is 11.5 Å². The van der Waals surface area contributed by atoms with E-state index in [9.17, 15) is 15.0 Å². The molecule has 0 aromatic heterocycles. The summed E-state index contributed by atoms with van der Waals surface area (Å²) in [6.45, 7) is 7.56. The number of rotatable bonds is 6. The molecule has 1 heterocycles. The second-order valence-corrected chi connectivity index (χ2v) is 10.3. The molecule has 1 amide bonds. The third-order valence-corrected chi connectivity index (χ3v) is 7.39. The van der Waals surface area contributed by atoms with E-state index in [4.69, 9.17) is 9.47 Å². The average molecular weight is 454 g/mol. The molecule has 6 heteroatoms. The highest BCUT2D eigenvalue weighted by molar-refractivity contribution is 5.84. The molecule has 1 aliphatic carbocycles. The maximum atomic E-state index is 12.8. The lowest BCUT2D eigenvalue weighted by molar-refractivity contribution is -0.147. The van der Waals surface area contributed by atoms with Crippen molar-refractivity contribution in [1.82, 2.24) is 4.90 Å². The normalized spacial score (nSPS) is 24.0. The molecule has 2 aromatic rings. The highest BCUT2D eigenvalue weighted by atomic mass is 16.5. The van der Waals surface area contributed by atoms with Crippen LogP contribution >= 0.6 is 0 Å². The number of nitrogens with zero attached hydrogens (tertiary/aromatic N) is 1. The van der Waals surface area contributed by atoms with E-state index in [2.05, 4.69) is 24.3 Å². The maximum absolute atomic E-state index is 12.8. The Hall–Kier alpha value is -2.57. The first-order chi connectivity index (χ1) is 15.5. The van der Waals surface area contributed by atoms with E-state index in [0.717, 1.165) is 18.4 Å². The molecule has 0 bridgehead atoms. The zero-order valence-corrected chi connectivity index (χ0v) is 20.2. The van der Waals surface area contributed by atoms with Crippen LogP contribution in [-0.2, 0) is 17.6 Å². The Kier molecular flexibility index (Phi) is 6.18. The minimum Gasteiger partial charge on any atom is -0.493 e. The van der Waals surface area contributed by atoms with Crippen LogP contribution in [0, 0.1) is 5.41 Å². The Morgan fingerprint density at radius 1 is 1.15 bits per heavy atom. The van der Waals surface area contributed by atoms with Crippen LogP contribution in [-0.4, -0.2) is 59.0 Å². The standard InChI is InChI=1S/C27H35NO5/c1-17(29)27(4)16-28(25(30)26(2,3)31)15-22(27)20-10-11-23(32-5)24(14-20)33-21-12-18-8-6-7-9-19(18)13-21/h6-11,14,17,21-22,29,31H,12-13,15-16H2,1-5H3/t17-,22+,27+/m1/s1. The Morgan fingerprint density at radius 3 is 2.33 bits per heavy atom. The summed E-state index contributed by atoms with van der Waals surface area (Å²) in [7, 11) is 1.63. The van der Waals surface area contributed by atoms with Gasteiger partial charge in [0.2, 0.25) is 0 Å². The lowest BCUT2D eigenvalue weighted by atomic mass is 9.72. The topological polar surface area (TPSA) is 79.2 Å². The molecule has 3 atom stereocenters. The van der Waals surface area contributed by atoms with Crippen molar-refractivity contribution in [2.45, 2.75) is 64.3 Å². The minimum absolute atomic E-state index is 0.0338. The van der Waals surface area contributed by atoms with E-state index in [1.54, 1.807) is 18.9 Å². The van der Waals surface area contributed by atoms with Crippen LogP contribution in [0.15, 0.2) is 42.5 Å². The van der Waals surface area contributed by atoms with Crippen molar-refractivity contribution in [3.63, 3.8) is 0 Å². The number of methoxy groups -OCH3 is 1. The first-order valence-corrected chi connectivity index (χ1v) is 11.6. The summed E-state index contributed by atoms with van der Waals surface area (Å²) in [6.07, 6.45) is 1.10. The molecule has 0 unspecified atom stereocenters. The quantitative estimate of drug-likeness (QED) is 0.702. The van der Waals surface area contributed by atoms with Crippen molar-refractivity contribution in [1.29, 1.82) is 0 Å². The van der Waals surface area contributed by atoms with Gasteiger partial charge in [-0.3, -0.25) is 4.79 Å². The van der Waals surface area contributed by atoms with Crippen molar-refractivity contribution >= 4 is 5.91 Å². The fourth-order valence-corrected chi connectivity index (χ4v) is 5.25. The van der Waals surface area contributed by atoms with Gasteiger partial charge in [0.05, 0.1) is 13.2 Å². The van der Waals surface area contributed by atoms with Crippen molar-refractivity contribution in [2.24, 2.45) is 5.41 Å². The molecular formula is C27H35NO5. The third-order valence-electron chi connectivity index (χ3n) is 7.39. The number of carbonyl (C=O) groups excluding carboxylic acids is 1. The van der Waals surface area contributed by atoms with E-state index in [1.807, 2.05) is 25.1 Å². The van der Waals surface area contributed by atoms with E-state index in [0.29, 0.717) is 24.6 Å². The zero-order valence-electron chi connectivity index (χ0n) is 20.2. The van der Waals surface area contributed by atoms with Crippen LogP contribution in [0.5, 0.6) is 11.5 Å². The first-order valence-electron chi connectivity index (χ1n) is 11.6. The van der Waals surface area contributed by atoms with Crippen LogP contribution in [0.1, 0.15) is 50.3 Å². The maximum Gasteiger partial charge on any atom is 0.253 e. The second kappa shape index (κ2) is 8.65. The summed E-state index contributed by atoms with van der Waals surface area (Å²) < 4.78 is 12.0. The van der Waals surface area contributed by atoms with Gasteiger partial charge in [-0.15, -0.1) is 0 Å². The van der Waals surface area contributed by atoms with Gasteiger partial charge in [-0.2, -0.15) is 0 Å². The predicted octanol–water partition coefficient (Wildman–Crippen LogP) is 3.33. The van der Waals surface area contributed by atoms with Crippen LogP contribution in [0.25, 0.3) is 0 Å². The predicted molar refractivity (Wildman–Crippen MR) is 127 cm³/mol. The molecule has 4 rings (SSSR count). The summed E-state index contributed by atoms with van der Waals surface area (Å²) in [6, 6.07) is 14.3. The van der Waals surface area contributed by atoms with Gasteiger partial charge < -0.3 is 24.6 Å². The molecule has 0 radical (unpaired) electrons. The Morgan fingerprint density at radius 2 is 1.79 bits per heavy atom. The molecule has 2 aromatic carbocycles. The lowest BCUT2D eigenvalue weighted by Crippen LogP contribution is -2.45. The molecule has 0 spiro atoms. The van der Waals surface area contributed by atoms with Crippen molar-refractivity contribution in [2.75, 3.05) is 20.2 Å². The molecular weight excluding hydrogens is 418 g/mol. The molecule has 178 valence electrons. The molecule has 33 heavy (non-hydrogen) atoms. The SMILES string of the molecule is COc1ccc([C@@H]2CN(C(=O)C(C)(C)O)C[C@@]2(C)[C@@H](C)O)cc1OC1Cc2ccccc2C1. The molecule has 0 saturated carbocycles. The number of carbonyl (C=O) groups is 1. The van der Waals surface area contributed by atoms with E-state index in [1.165, 1.54) is 25.0 Å². The highest BCUT2D eigenvalue weighted by Gasteiger charge is 2.50. The van der Waals surface area contributed by atoms with Crippen molar-refractivity contribution in [3.05, 3.63) is 59.2 Å². The summed E-state index contributed by atoms with van der Waals surface area (Å²) >= 11 is 0. The first kappa shape index (κ1) is 23.6. The molecule has 1 saturated heterocycles. The van der Waals surface area contributed by atoms with Gasteiger partial charge >= 0.3 is 0 Å². The number of fused-ring (bicyclic) bond motifs is 1. The number of hydrogen-bond acceptors (Lipinski definition) is 5. The van der Waals surface area contributed by atoms with Crippen molar-refractivity contribution in [3.8, 4) is 11.5 Å². The van der Waals surface area contributed by atoms with Crippen LogP contribution in [0.4, 0.5) is 0 Å². The van der Waals surface area contributed by atoms with E-state index < -0.39 is 17.1 Å². The molecule has 6 nitrogen and oxygen atoms in total. The van der Waals surface area contributed by atoms with E-state index >= 15 is 0 Å². The average Bonchev–Trinajstić information content (AvgIpc) is 3.33. The number of ether oxygens (including phenoxy) is 2. The third kappa shape index (κ3) is 4.46. The number of benzene rings is 2. The Bertz CT molecular complexity index is 1000. The van der Waals surface area contributed by atoms with Gasteiger partial charge in [-0.05, 0) is 49.6 Å². The lowest BCUT2D eigenvalue weighted by Gasteiger charge is -2.34. The highest BCUT2D eigenvalue weighted by Crippen LogP contribution is 2.47. The Labute approximate surface area is 196 Å². The summed E-state index contributed by atoms with van der Waals surface area (Å²) in [5.74, 6) is 0.896. The fourth-order valence-electron chi connectivity index (χ4n) is 5.25. The van der Waals surface area contributed by atoms with Crippen LogP contribution < -0.4 is 9.47 Å². The smallest absolute Gasteiger partial charge is 0.253 e. The molecule has 1 aliphatic heterocycles. The largest absolute Gasteiger partial charge is 0.493 e. The molecule has 2 aliphatic rings. The molecule has 2 N–H and O–H groups in total. The minimum atomic E-state index is -1.46. The van der Waals surface area contributed by atoms with E-state index in [-0.39, 0.29) is 17.9 Å². The Balaban J connectivity index is 1.62. The summed E-state index contributed by atoms with van der Waals surface area (Å²) in [5.41, 5.74) is 1.60. The number of aliphatic hydroxyl groups excluding tert-OH is 1. The van der Waals surface area contributed by atoms with Gasteiger partial charge in [0.25, 0.3) is 5.91 Å². The number of likely N-dealkylation sites (tertiary alicyclic amines) is 1. The van der Waals surface area contributed by atoms with Crippen LogP contribution in [0.3, 0.4) is 0 Å². The van der Waals surface area contributed by atoms with Crippen LogP contribution in [0.2, 0.25) is 0 Å². The van der Waals surface area contributed by atoms with Gasteiger partial charge in [0, 0.05) is 37.3 Å². The van der Waals surface area contributed by atoms with Gasteiger partial charge in [0.1, 0.15) is 11.7 Å². The number of aliphatic hydroxyl groups is 2. The second-order valence-electron chi connectivity index (χ2n) is 10.3. The van der Waals surface area contributed by atoms with Crippen molar-refractivity contribution < 1.29 is 24.5 Å². The zero-order chi connectivity index (χ0) is 24.0. The van der Waals surface area contributed by atoms with Gasteiger partial charge in [-0.25, -0.2) is 0 Å². The molecule has 1 fully saturated rings. The summed E-state index contributed by atoms with van der Waals surface area (Å²) in [5, 5.41) is 21.0. The van der Waals surface area contributed by atoms with Gasteiger partial charge in [-0.1, -0.05) is 37.3 Å². The fraction of sp³-hybridized carbons (Fsp3) is 0.519. The number of amides is 1. The summed E-state index contributed by atoms with van der Waals surface area (Å²) in [4.78, 5) is 14.5. The monoisotopic (exact) mass is 453 g/mol. The number of hydrogen-bond donors (Lipinski definition) is 2.